The second kappa shape index (κ2) is 9.65. The Balaban J connectivity index is 1.58. The van der Waals surface area contributed by atoms with Gasteiger partial charge in [-0.1, -0.05) is 18.7 Å². The van der Waals surface area contributed by atoms with Crippen LogP contribution in [0.2, 0.25) is 0 Å². The number of hydrogen-bond acceptors (Lipinski definition) is 7. The summed E-state index contributed by atoms with van der Waals surface area (Å²) in [4.78, 5) is 36.5. The average molecular weight is 486 g/mol. The molecule has 2 aliphatic heterocycles. The molecule has 0 saturated carbocycles. The third-order valence-corrected chi connectivity index (χ3v) is 6.15. The molecule has 2 amide bonds. The smallest absolute Gasteiger partial charge is 0.280 e. The quantitative estimate of drug-likeness (QED) is 0.536. The number of aliphatic imine (C=N–C) groups is 1. The van der Waals surface area contributed by atoms with Crippen molar-refractivity contribution in [1.29, 1.82) is 0 Å². The summed E-state index contributed by atoms with van der Waals surface area (Å²) < 4.78 is 7.78. The van der Waals surface area contributed by atoms with E-state index in [0.29, 0.717) is 53.7 Å². The molecule has 1 aromatic carbocycles. The van der Waals surface area contributed by atoms with Crippen LogP contribution in [0.4, 0.5) is 11.4 Å². The molecular formula is C26H27N7O3. The van der Waals surface area contributed by atoms with Gasteiger partial charge in [0.05, 0.1) is 34.9 Å². The molecule has 0 radical (unpaired) electrons. The van der Waals surface area contributed by atoms with Crippen molar-refractivity contribution in [2.75, 3.05) is 23.4 Å². The van der Waals surface area contributed by atoms with Crippen LogP contribution in [0.5, 0.6) is 5.88 Å². The van der Waals surface area contributed by atoms with Crippen LogP contribution < -0.4 is 20.3 Å². The molecule has 0 aliphatic carbocycles. The molecule has 0 fully saturated rings. The number of pyridine rings is 1. The number of guanidine groups is 1. The number of carbonyl (C=O) groups excluding carboxylic acids is 2. The Morgan fingerprint density at radius 2 is 2.14 bits per heavy atom. The predicted octanol–water partition coefficient (Wildman–Crippen LogP) is 3.06. The predicted molar refractivity (Wildman–Crippen MR) is 137 cm³/mol. The van der Waals surface area contributed by atoms with E-state index in [4.69, 9.17) is 4.74 Å². The maximum atomic E-state index is 13.3. The number of anilines is 2. The largest absolute Gasteiger partial charge is 0.475 e. The zero-order valence-electron chi connectivity index (χ0n) is 20.2. The van der Waals surface area contributed by atoms with Crippen molar-refractivity contribution in [2.24, 2.45) is 12.0 Å². The molecule has 10 heteroatoms. The van der Waals surface area contributed by atoms with E-state index in [2.05, 4.69) is 32.3 Å². The van der Waals surface area contributed by atoms with Crippen LogP contribution in [0.1, 0.15) is 28.9 Å². The number of aromatic nitrogens is 3. The zero-order valence-corrected chi connectivity index (χ0v) is 20.2. The molecule has 1 atom stereocenters. The monoisotopic (exact) mass is 485 g/mol. The molecule has 2 N–H and O–H groups in total. The van der Waals surface area contributed by atoms with Crippen LogP contribution in [0.15, 0.2) is 60.2 Å². The van der Waals surface area contributed by atoms with E-state index in [1.54, 1.807) is 30.1 Å². The molecule has 5 rings (SSSR count). The average Bonchev–Trinajstić information content (AvgIpc) is 3.41. The Kier molecular flexibility index (Phi) is 6.24. The lowest BCUT2D eigenvalue weighted by Crippen LogP contribution is -2.39. The Labute approximate surface area is 208 Å². The number of amides is 2. The number of nitrogens with zero attached hydrogens (tertiary/aromatic N) is 5. The Morgan fingerprint density at radius 3 is 2.97 bits per heavy atom. The van der Waals surface area contributed by atoms with Gasteiger partial charge in [0, 0.05) is 24.8 Å². The molecule has 4 heterocycles. The number of para-hydroxylation sites is 2. The third kappa shape index (κ3) is 4.57. The van der Waals surface area contributed by atoms with Crippen LogP contribution in [-0.2, 0) is 11.8 Å². The normalized spacial score (nSPS) is 18.7. The van der Waals surface area contributed by atoms with E-state index in [-0.39, 0.29) is 24.5 Å². The van der Waals surface area contributed by atoms with Crippen molar-refractivity contribution < 1.29 is 14.3 Å². The molecule has 184 valence electrons. The molecule has 0 saturated heterocycles. The maximum Gasteiger partial charge on any atom is 0.280 e. The molecular weight excluding hydrogens is 458 g/mol. The van der Waals surface area contributed by atoms with Gasteiger partial charge in [-0.2, -0.15) is 10.1 Å². The van der Waals surface area contributed by atoms with Gasteiger partial charge in [-0.3, -0.25) is 14.6 Å². The van der Waals surface area contributed by atoms with E-state index in [1.165, 1.54) is 6.08 Å². The van der Waals surface area contributed by atoms with E-state index < -0.39 is 0 Å². The Morgan fingerprint density at radius 1 is 1.31 bits per heavy atom. The van der Waals surface area contributed by atoms with Crippen LogP contribution in [0, 0.1) is 6.92 Å². The van der Waals surface area contributed by atoms with E-state index >= 15 is 0 Å². The third-order valence-electron chi connectivity index (χ3n) is 6.15. The summed E-state index contributed by atoms with van der Waals surface area (Å²) in [5.74, 6) is 0.330. The van der Waals surface area contributed by atoms with Crippen molar-refractivity contribution >= 4 is 29.1 Å². The highest BCUT2D eigenvalue weighted by Gasteiger charge is 2.27. The second-order valence-electron chi connectivity index (χ2n) is 8.77. The lowest BCUT2D eigenvalue weighted by atomic mass is 10.1. The highest BCUT2D eigenvalue weighted by molar-refractivity contribution is 6.19. The summed E-state index contributed by atoms with van der Waals surface area (Å²) in [5.41, 5.74) is 4.13. The topological polar surface area (TPSA) is 114 Å². The van der Waals surface area contributed by atoms with Gasteiger partial charge in [-0.25, -0.2) is 4.68 Å². The highest BCUT2D eigenvalue weighted by atomic mass is 16.5. The Hall–Kier alpha value is -4.47. The first-order valence-corrected chi connectivity index (χ1v) is 11.8. The summed E-state index contributed by atoms with van der Waals surface area (Å²) in [6.07, 6.45) is 4.25. The van der Waals surface area contributed by atoms with Gasteiger partial charge in [-0.15, -0.1) is 0 Å². The van der Waals surface area contributed by atoms with E-state index in [0.717, 1.165) is 11.4 Å². The molecule has 2 aliphatic rings. The summed E-state index contributed by atoms with van der Waals surface area (Å²) in [6.45, 7) is 6.22. The molecule has 36 heavy (non-hydrogen) atoms. The number of carbonyl (C=O) groups is 2. The summed E-state index contributed by atoms with van der Waals surface area (Å²) >= 11 is 0. The summed E-state index contributed by atoms with van der Waals surface area (Å²) in [7, 11) is 1.77. The number of fused-ring (bicyclic) bond motifs is 7. The van der Waals surface area contributed by atoms with Gasteiger partial charge >= 0.3 is 0 Å². The van der Waals surface area contributed by atoms with Crippen LogP contribution >= 0.6 is 0 Å². The number of ether oxygens (including phenoxy) is 1. The minimum atomic E-state index is -0.376. The van der Waals surface area contributed by atoms with Crippen molar-refractivity contribution in [1.82, 2.24) is 20.1 Å². The van der Waals surface area contributed by atoms with Gasteiger partial charge in [0.2, 0.25) is 17.7 Å². The summed E-state index contributed by atoms with van der Waals surface area (Å²) in [6, 6.07) is 11.0. The molecule has 0 unspecified atom stereocenters. The van der Waals surface area contributed by atoms with Crippen molar-refractivity contribution in [3.8, 4) is 17.1 Å². The van der Waals surface area contributed by atoms with Crippen LogP contribution in [0.25, 0.3) is 11.3 Å². The first kappa shape index (κ1) is 23.3. The fraction of sp³-hybridized carbons (Fsp3) is 0.269. The number of hydrogen-bond donors (Lipinski definition) is 2. The SMILES string of the molecule is C=CC(=O)N[C@H]1CCCN2/C(=N/C(=O)c3cc(C)nc(c3)-c3cnn(C)c3OC1)Nc1ccccc12. The van der Waals surface area contributed by atoms with E-state index in [1.807, 2.05) is 36.1 Å². The number of aryl methyl sites for hydroxylation is 2. The minimum absolute atomic E-state index is 0.236. The fourth-order valence-corrected chi connectivity index (χ4v) is 4.43. The molecule has 2 aromatic heterocycles. The zero-order chi connectivity index (χ0) is 25.2. The van der Waals surface area contributed by atoms with Crippen LogP contribution in [-0.4, -0.2) is 51.7 Å². The molecule has 2 bridgehead atoms. The fourth-order valence-electron chi connectivity index (χ4n) is 4.43. The molecule has 10 nitrogen and oxygen atoms in total. The van der Waals surface area contributed by atoms with Gasteiger partial charge < -0.3 is 20.3 Å². The second-order valence-corrected chi connectivity index (χ2v) is 8.77. The van der Waals surface area contributed by atoms with E-state index in [9.17, 15) is 9.59 Å². The highest BCUT2D eigenvalue weighted by Crippen LogP contribution is 2.33. The van der Waals surface area contributed by atoms with Gasteiger partial charge in [-0.05, 0) is 50.1 Å². The molecule has 3 aromatic rings. The maximum absolute atomic E-state index is 13.3. The Bertz CT molecular complexity index is 1380. The standard InChI is InChI=1S/C26H27N7O3/c1-4-23(34)29-18-8-7-11-33-22-10-6-5-9-20(22)30-26(33)31-24(35)17-12-16(2)28-21(13-17)19-14-27-32(3)25(19)36-15-18/h4-6,9-10,12-14,18H,1,7-8,11,15H2,2-3H3,(H,29,34)(H,30,31,35)/t18-/m0/s1. The van der Waals surface area contributed by atoms with Gasteiger partial charge in [0.25, 0.3) is 5.91 Å². The van der Waals surface area contributed by atoms with Gasteiger partial charge in [0.1, 0.15) is 6.61 Å². The number of rotatable bonds is 2. The summed E-state index contributed by atoms with van der Waals surface area (Å²) in [5, 5.41) is 10.6. The lowest BCUT2D eigenvalue weighted by Gasteiger charge is -2.22. The van der Waals surface area contributed by atoms with Crippen LogP contribution in [0.3, 0.4) is 0 Å². The van der Waals surface area contributed by atoms with Crippen molar-refractivity contribution in [3.63, 3.8) is 0 Å². The van der Waals surface area contributed by atoms with Gasteiger partial charge in [0.15, 0.2) is 0 Å². The van der Waals surface area contributed by atoms with Crippen molar-refractivity contribution in [2.45, 2.75) is 25.8 Å². The minimum Gasteiger partial charge on any atom is -0.475 e. The first-order chi connectivity index (χ1) is 17.4. The lowest BCUT2D eigenvalue weighted by molar-refractivity contribution is -0.117. The first-order valence-electron chi connectivity index (χ1n) is 11.8. The van der Waals surface area contributed by atoms with Crippen molar-refractivity contribution in [3.05, 3.63) is 66.5 Å². The molecule has 0 spiro atoms. The number of benzene rings is 1. The number of nitrogens with one attached hydrogen (secondary N) is 2.